The molecule has 0 bridgehead atoms. The van der Waals surface area contributed by atoms with Gasteiger partial charge >= 0.3 is 0 Å². The molecule has 1 aromatic rings. The number of hydrogen-bond acceptors (Lipinski definition) is 5. The number of benzene rings is 1. The second-order valence-corrected chi connectivity index (χ2v) is 9.28. The Bertz CT molecular complexity index is 345. The van der Waals surface area contributed by atoms with Crippen LogP contribution in [0.25, 0.3) is 0 Å². The van der Waals surface area contributed by atoms with Gasteiger partial charge in [0.2, 0.25) is 5.69 Å². The van der Waals surface area contributed by atoms with Gasteiger partial charge in [-0.2, -0.15) is 0 Å². The van der Waals surface area contributed by atoms with Gasteiger partial charge in [0.05, 0.1) is 0 Å². The summed E-state index contributed by atoms with van der Waals surface area (Å²) in [4.78, 5) is 0. The number of hydrogen-bond donors (Lipinski definition) is 1. The molecule has 3 nitrogen and oxygen atoms in total. The molecule has 0 amide bonds. The van der Waals surface area contributed by atoms with Gasteiger partial charge in [0.25, 0.3) is 0 Å². The van der Waals surface area contributed by atoms with Crippen LogP contribution in [0.5, 0.6) is 5.75 Å². The fourth-order valence-electron chi connectivity index (χ4n) is 0.926. The van der Waals surface area contributed by atoms with Gasteiger partial charge in [0.15, 0.2) is 0 Å². The van der Waals surface area contributed by atoms with Crippen molar-refractivity contribution in [3.8, 4) is 5.75 Å². The Morgan fingerprint density at radius 3 is 2.27 bits per heavy atom. The molecule has 0 aliphatic rings. The van der Waals surface area contributed by atoms with E-state index in [0.717, 1.165) is 11.3 Å². The van der Waals surface area contributed by atoms with E-state index >= 15 is 0 Å². The van der Waals surface area contributed by atoms with E-state index in [1.165, 1.54) is 11.4 Å². The van der Waals surface area contributed by atoms with Crippen molar-refractivity contribution in [2.24, 2.45) is 0 Å². The van der Waals surface area contributed by atoms with Crippen molar-refractivity contribution in [2.75, 3.05) is 14.2 Å². The molecule has 0 fully saturated rings. The van der Waals surface area contributed by atoms with Gasteiger partial charge in [-0.15, -0.1) is 0 Å². The largest absolute Gasteiger partial charge is 0.508 e. The number of phenols is 1. The van der Waals surface area contributed by atoms with Gasteiger partial charge in [-0.3, -0.25) is 0 Å². The smallest absolute Gasteiger partial charge is 0.247 e. The van der Waals surface area contributed by atoms with Crippen molar-refractivity contribution in [1.29, 1.82) is 0 Å². The highest BCUT2D eigenvalue weighted by molar-refractivity contribution is 8.67. The molecule has 1 rings (SSSR count). The highest BCUT2D eigenvalue weighted by Gasteiger charge is 2.15. The minimum Gasteiger partial charge on any atom is -0.508 e. The molecule has 0 radical (unpaired) electrons. The standard InChI is InChI=1S/C9H13O3PS2/c1-11-13(14,12-2)15-7-8-3-5-9(10)6-4-8/h3-6,10H,7H2,1-2H3. The van der Waals surface area contributed by atoms with Crippen LogP contribution < -0.4 is 0 Å². The van der Waals surface area contributed by atoms with Crippen molar-refractivity contribution < 1.29 is 14.2 Å². The van der Waals surface area contributed by atoms with E-state index in [-0.39, 0.29) is 5.75 Å². The van der Waals surface area contributed by atoms with Crippen molar-refractivity contribution in [2.45, 2.75) is 5.75 Å². The van der Waals surface area contributed by atoms with Crippen LogP contribution in [0.3, 0.4) is 0 Å². The predicted octanol–water partition coefficient (Wildman–Crippen LogP) is 3.14. The maximum atomic E-state index is 9.11. The number of aromatic hydroxyl groups is 1. The summed E-state index contributed by atoms with van der Waals surface area (Å²) in [6.45, 7) is 0. The highest BCUT2D eigenvalue weighted by Crippen LogP contribution is 2.60. The molecule has 0 spiro atoms. The molecule has 0 saturated heterocycles. The normalized spacial score (nSPS) is 11.6. The molecule has 0 aromatic heterocycles. The van der Waals surface area contributed by atoms with Crippen LogP contribution in [0.15, 0.2) is 24.3 Å². The molecular weight excluding hydrogens is 251 g/mol. The van der Waals surface area contributed by atoms with E-state index in [9.17, 15) is 0 Å². The Labute approximate surface area is 98.7 Å². The van der Waals surface area contributed by atoms with Gasteiger partial charge in [-0.25, -0.2) is 0 Å². The summed E-state index contributed by atoms with van der Waals surface area (Å²) in [6.07, 6.45) is 0. The average Bonchev–Trinajstić information content (AvgIpc) is 2.28. The Kier molecular flexibility index (Phi) is 5.09. The average molecular weight is 264 g/mol. The van der Waals surface area contributed by atoms with Crippen molar-refractivity contribution in [3.05, 3.63) is 29.8 Å². The lowest BCUT2D eigenvalue weighted by atomic mass is 10.2. The van der Waals surface area contributed by atoms with Crippen LogP contribution in [-0.4, -0.2) is 19.3 Å². The first kappa shape index (κ1) is 13.0. The summed E-state index contributed by atoms with van der Waals surface area (Å²) in [5.41, 5.74) is -1.09. The third kappa shape index (κ3) is 4.13. The summed E-state index contributed by atoms with van der Waals surface area (Å²) in [5, 5.41) is 9.11. The zero-order valence-corrected chi connectivity index (χ0v) is 11.1. The Morgan fingerprint density at radius 2 is 1.80 bits per heavy atom. The molecule has 0 aliphatic heterocycles. The van der Waals surface area contributed by atoms with Crippen LogP contribution in [0, 0.1) is 0 Å². The summed E-state index contributed by atoms with van der Waals surface area (Å²) < 4.78 is 10.3. The van der Waals surface area contributed by atoms with Gasteiger partial charge in [0.1, 0.15) is 5.75 Å². The lowest BCUT2D eigenvalue weighted by Crippen LogP contribution is -1.85. The summed E-state index contributed by atoms with van der Waals surface area (Å²) in [5.74, 6) is 0.987. The molecule has 0 unspecified atom stereocenters. The second kappa shape index (κ2) is 5.87. The molecule has 84 valence electrons. The topological polar surface area (TPSA) is 38.7 Å². The zero-order chi connectivity index (χ0) is 11.3. The third-order valence-electron chi connectivity index (χ3n) is 1.77. The molecule has 15 heavy (non-hydrogen) atoms. The number of rotatable bonds is 5. The highest BCUT2D eigenvalue weighted by atomic mass is 32.9. The van der Waals surface area contributed by atoms with E-state index < -0.39 is 5.69 Å². The zero-order valence-electron chi connectivity index (χ0n) is 8.54. The van der Waals surface area contributed by atoms with Gasteiger partial charge in [-0.1, -0.05) is 23.5 Å². The molecule has 0 saturated carbocycles. The molecule has 1 N–H and O–H groups in total. The number of phenolic OH excluding ortho intramolecular Hbond substituents is 1. The van der Waals surface area contributed by atoms with E-state index in [1.54, 1.807) is 26.4 Å². The molecular formula is C9H13O3PS2. The molecule has 1 aromatic carbocycles. The van der Waals surface area contributed by atoms with Crippen LogP contribution in [0.1, 0.15) is 5.56 Å². The Hall–Kier alpha value is -0.0600. The monoisotopic (exact) mass is 264 g/mol. The molecule has 0 atom stereocenters. The first-order chi connectivity index (χ1) is 7.09. The van der Waals surface area contributed by atoms with Crippen molar-refractivity contribution in [1.82, 2.24) is 0 Å². The van der Waals surface area contributed by atoms with Gasteiger partial charge in [-0.05, 0) is 29.5 Å². The van der Waals surface area contributed by atoms with E-state index in [0.29, 0.717) is 0 Å². The minimum atomic E-state index is -2.17. The fraction of sp³-hybridized carbons (Fsp3) is 0.333. The van der Waals surface area contributed by atoms with E-state index in [2.05, 4.69) is 0 Å². The Morgan fingerprint density at radius 1 is 1.27 bits per heavy atom. The first-order valence-electron chi connectivity index (χ1n) is 4.23. The third-order valence-corrected chi connectivity index (χ3v) is 7.52. The summed E-state index contributed by atoms with van der Waals surface area (Å²) in [6, 6.07) is 7.01. The SMILES string of the molecule is COP(=S)(OC)SCc1ccc(O)cc1. The van der Waals surface area contributed by atoms with Crippen LogP contribution in [0.4, 0.5) is 0 Å². The fourth-order valence-corrected chi connectivity index (χ4v) is 3.81. The molecule has 0 aliphatic carbocycles. The van der Waals surface area contributed by atoms with Crippen LogP contribution in [-0.2, 0) is 26.6 Å². The summed E-state index contributed by atoms with van der Waals surface area (Å²) in [7, 11) is 3.13. The maximum absolute atomic E-state index is 9.11. The minimum absolute atomic E-state index is 0.265. The van der Waals surface area contributed by atoms with Crippen molar-refractivity contribution in [3.63, 3.8) is 0 Å². The maximum Gasteiger partial charge on any atom is 0.247 e. The van der Waals surface area contributed by atoms with E-state index in [4.69, 9.17) is 26.0 Å². The quantitative estimate of drug-likeness (QED) is 0.827. The molecule has 0 heterocycles. The van der Waals surface area contributed by atoms with Crippen LogP contribution >= 0.6 is 17.1 Å². The molecule has 6 heteroatoms. The van der Waals surface area contributed by atoms with Crippen molar-refractivity contribution >= 4 is 28.9 Å². The second-order valence-electron chi connectivity index (χ2n) is 2.75. The van der Waals surface area contributed by atoms with E-state index in [1.807, 2.05) is 12.1 Å². The lowest BCUT2D eigenvalue weighted by Gasteiger charge is -2.16. The predicted molar refractivity (Wildman–Crippen MR) is 67.7 cm³/mol. The summed E-state index contributed by atoms with van der Waals surface area (Å²) >= 11 is 6.69. The van der Waals surface area contributed by atoms with Gasteiger partial charge in [0, 0.05) is 20.0 Å². The van der Waals surface area contributed by atoms with Gasteiger partial charge < -0.3 is 14.2 Å². The lowest BCUT2D eigenvalue weighted by molar-refractivity contribution is 0.354. The van der Waals surface area contributed by atoms with Crippen LogP contribution in [0.2, 0.25) is 0 Å². The first-order valence-corrected chi connectivity index (χ1v) is 8.46. The Balaban J connectivity index is 2.57.